The number of aromatic nitrogens is 2. The van der Waals surface area contributed by atoms with Crippen LogP contribution in [0.15, 0.2) is 42.6 Å². The van der Waals surface area contributed by atoms with Crippen molar-refractivity contribution in [1.29, 1.82) is 0 Å². The molecule has 0 unspecified atom stereocenters. The zero-order valence-corrected chi connectivity index (χ0v) is 15.2. The standard InChI is InChI=1S/C21H21N3O2/c1-4-7-15-10-11-16(12-19(15)26-5-2)21(25)24(3)14-18-9-6-8-17-13-22-23-20(17)18/h6,8-13H,5,14H2,1-3H3,(H,22,23). The fourth-order valence-corrected chi connectivity index (χ4v) is 2.88. The summed E-state index contributed by atoms with van der Waals surface area (Å²) >= 11 is 0. The molecule has 5 nitrogen and oxygen atoms in total. The Labute approximate surface area is 153 Å². The van der Waals surface area contributed by atoms with Crippen LogP contribution in [0, 0.1) is 11.8 Å². The number of hydrogen-bond donors (Lipinski definition) is 1. The Morgan fingerprint density at radius 2 is 2.15 bits per heavy atom. The van der Waals surface area contributed by atoms with Crippen LogP contribution in [0.5, 0.6) is 5.75 Å². The minimum absolute atomic E-state index is 0.0709. The number of para-hydroxylation sites is 1. The third kappa shape index (κ3) is 3.55. The SMILES string of the molecule is CC#Cc1ccc(C(=O)N(C)Cc2cccc3cn[nH]c23)cc1OCC. The number of benzene rings is 2. The molecule has 1 heterocycles. The van der Waals surface area contributed by atoms with E-state index in [1.165, 1.54) is 0 Å². The molecule has 132 valence electrons. The number of aromatic amines is 1. The van der Waals surface area contributed by atoms with Crippen LogP contribution < -0.4 is 4.74 Å². The van der Waals surface area contributed by atoms with Crippen molar-refractivity contribution in [3.05, 3.63) is 59.3 Å². The lowest BCUT2D eigenvalue weighted by Gasteiger charge is -2.18. The van der Waals surface area contributed by atoms with Crippen molar-refractivity contribution < 1.29 is 9.53 Å². The van der Waals surface area contributed by atoms with E-state index in [0.717, 1.165) is 22.0 Å². The Kier molecular flexibility index (Phi) is 5.23. The van der Waals surface area contributed by atoms with Crippen molar-refractivity contribution in [2.45, 2.75) is 20.4 Å². The van der Waals surface area contributed by atoms with Gasteiger partial charge < -0.3 is 9.64 Å². The van der Waals surface area contributed by atoms with E-state index < -0.39 is 0 Å². The molecule has 0 aliphatic rings. The first-order valence-electron chi connectivity index (χ1n) is 8.50. The first-order chi connectivity index (χ1) is 12.6. The maximum absolute atomic E-state index is 12.9. The monoisotopic (exact) mass is 347 g/mol. The number of nitrogens with zero attached hydrogens (tertiary/aromatic N) is 2. The third-order valence-electron chi connectivity index (χ3n) is 4.11. The summed E-state index contributed by atoms with van der Waals surface area (Å²) in [7, 11) is 1.79. The van der Waals surface area contributed by atoms with Crippen molar-refractivity contribution in [3.8, 4) is 17.6 Å². The Morgan fingerprint density at radius 1 is 1.31 bits per heavy atom. The lowest BCUT2D eigenvalue weighted by Crippen LogP contribution is -2.26. The Hall–Kier alpha value is -3.26. The quantitative estimate of drug-likeness (QED) is 0.718. The van der Waals surface area contributed by atoms with E-state index in [1.807, 2.05) is 31.2 Å². The van der Waals surface area contributed by atoms with Crippen LogP contribution in [0.3, 0.4) is 0 Å². The van der Waals surface area contributed by atoms with Gasteiger partial charge in [0, 0.05) is 24.5 Å². The van der Waals surface area contributed by atoms with E-state index in [1.54, 1.807) is 37.2 Å². The fourth-order valence-electron chi connectivity index (χ4n) is 2.88. The predicted molar refractivity (Wildman–Crippen MR) is 102 cm³/mol. The molecule has 0 saturated carbocycles. The molecule has 5 heteroatoms. The Morgan fingerprint density at radius 3 is 2.92 bits per heavy atom. The maximum Gasteiger partial charge on any atom is 0.254 e. The molecular formula is C21H21N3O2. The number of rotatable bonds is 5. The molecule has 0 bridgehead atoms. The van der Waals surface area contributed by atoms with Crippen LogP contribution in [0.25, 0.3) is 10.9 Å². The van der Waals surface area contributed by atoms with Gasteiger partial charge in [-0.15, -0.1) is 5.92 Å². The molecule has 0 fully saturated rings. The molecule has 1 N–H and O–H groups in total. The molecule has 2 aromatic carbocycles. The van der Waals surface area contributed by atoms with E-state index >= 15 is 0 Å². The molecule has 0 aliphatic carbocycles. The molecule has 1 amide bonds. The van der Waals surface area contributed by atoms with Gasteiger partial charge in [-0.2, -0.15) is 5.10 Å². The van der Waals surface area contributed by atoms with Gasteiger partial charge in [-0.3, -0.25) is 9.89 Å². The Bertz CT molecular complexity index is 995. The van der Waals surface area contributed by atoms with E-state index in [0.29, 0.717) is 24.5 Å². The summed E-state index contributed by atoms with van der Waals surface area (Å²) < 4.78 is 5.64. The minimum atomic E-state index is -0.0709. The van der Waals surface area contributed by atoms with Gasteiger partial charge in [0.1, 0.15) is 5.75 Å². The van der Waals surface area contributed by atoms with Crippen LogP contribution in [0.1, 0.15) is 35.3 Å². The average Bonchev–Trinajstić information content (AvgIpc) is 3.13. The lowest BCUT2D eigenvalue weighted by molar-refractivity contribution is 0.0785. The highest BCUT2D eigenvalue weighted by Gasteiger charge is 2.16. The molecule has 3 rings (SSSR count). The first-order valence-corrected chi connectivity index (χ1v) is 8.50. The highest BCUT2D eigenvalue weighted by atomic mass is 16.5. The first kappa shape index (κ1) is 17.6. The molecule has 3 aromatic rings. The van der Waals surface area contributed by atoms with Gasteiger partial charge in [0.25, 0.3) is 5.91 Å². The summed E-state index contributed by atoms with van der Waals surface area (Å²) in [5.74, 6) is 6.43. The van der Waals surface area contributed by atoms with E-state index in [4.69, 9.17) is 4.74 Å². The van der Waals surface area contributed by atoms with Gasteiger partial charge in [0.15, 0.2) is 0 Å². The highest BCUT2D eigenvalue weighted by Crippen LogP contribution is 2.22. The maximum atomic E-state index is 12.9. The van der Waals surface area contributed by atoms with Gasteiger partial charge in [0.2, 0.25) is 0 Å². The molecule has 0 atom stereocenters. The van der Waals surface area contributed by atoms with Crippen LogP contribution in [0.2, 0.25) is 0 Å². The Balaban J connectivity index is 1.85. The second-order valence-corrected chi connectivity index (χ2v) is 5.93. The van der Waals surface area contributed by atoms with Crippen LogP contribution >= 0.6 is 0 Å². The average molecular weight is 347 g/mol. The molecule has 0 spiro atoms. The largest absolute Gasteiger partial charge is 0.493 e. The van der Waals surface area contributed by atoms with Gasteiger partial charge in [-0.1, -0.05) is 24.1 Å². The van der Waals surface area contributed by atoms with Crippen molar-refractivity contribution in [2.24, 2.45) is 0 Å². The summed E-state index contributed by atoms with van der Waals surface area (Å²) in [6.07, 6.45) is 1.78. The van der Waals surface area contributed by atoms with Crippen molar-refractivity contribution >= 4 is 16.8 Å². The third-order valence-corrected chi connectivity index (χ3v) is 4.11. The van der Waals surface area contributed by atoms with Gasteiger partial charge in [0.05, 0.1) is 23.9 Å². The zero-order valence-electron chi connectivity index (χ0n) is 15.2. The summed E-state index contributed by atoms with van der Waals surface area (Å²) in [6.45, 7) is 4.69. The van der Waals surface area contributed by atoms with E-state index in [-0.39, 0.29) is 5.91 Å². The van der Waals surface area contributed by atoms with Crippen LogP contribution in [0.4, 0.5) is 0 Å². The van der Waals surface area contributed by atoms with Crippen molar-refractivity contribution in [2.75, 3.05) is 13.7 Å². The fraction of sp³-hybridized carbons (Fsp3) is 0.238. The smallest absolute Gasteiger partial charge is 0.254 e. The highest BCUT2D eigenvalue weighted by molar-refractivity contribution is 5.95. The summed E-state index contributed by atoms with van der Waals surface area (Å²) in [5, 5.41) is 8.10. The zero-order chi connectivity index (χ0) is 18.5. The van der Waals surface area contributed by atoms with Crippen LogP contribution in [-0.2, 0) is 6.54 Å². The molecule has 26 heavy (non-hydrogen) atoms. The number of fused-ring (bicyclic) bond motifs is 1. The molecule has 0 aliphatic heterocycles. The van der Waals surface area contributed by atoms with Gasteiger partial charge in [-0.25, -0.2) is 0 Å². The van der Waals surface area contributed by atoms with Gasteiger partial charge in [-0.05, 0) is 37.6 Å². The van der Waals surface area contributed by atoms with E-state index in [9.17, 15) is 4.79 Å². The normalized spacial score (nSPS) is 10.3. The minimum Gasteiger partial charge on any atom is -0.493 e. The number of amides is 1. The van der Waals surface area contributed by atoms with Crippen molar-refractivity contribution in [1.82, 2.24) is 15.1 Å². The summed E-state index contributed by atoms with van der Waals surface area (Å²) in [5.41, 5.74) is 3.34. The summed E-state index contributed by atoms with van der Waals surface area (Å²) in [6, 6.07) is 11.3. The molecule has 1 aromatic heterocycles. The number of nitrogens with one attached hydrogen (secondary N) is 1. The lowest BCUT2D eigenvalue weighted by atomic mass is 10.1. The van der Waals surface area contributed by atoms with Gasteiger partial charge >= 0.3 is 0 Å². The van der Waals surface area contributed by atoms with E-state index in [2.05, 4.69) is 22.0 Å². The molecular weight excluding hydrogens is 326 g/mol. The van der Waals surface area contributed by atoms with Crippen LogP contribution in [-0.4, -0.2) is 34.7 Å². The molecule has 0 radical (unpaired) electrons. The number of carbonyl (C=O) groups excluding carboxylic acids is 1. The second-order valence-electron chi connectivity index (χ2n) is 5.93. The number of ether oxygens (including phenoxy) is 1. The topological polar surface area (TPSA) is 58.2 Å². The number of carbonyl (C=O) groups is 1. The number of H-pyrrole nitrogens is 1. The van der Waals surface area contributed by atoms with Crippen molar-refractivity contribution in [3.63, 3.8) is 0 Å². The second kappa shape index (κ2) is 7.75. The number of hydrogen-bond acceptors (Lipinski definition) is 3. The molecule has 0 saturated heterocycles. The predicted octanol–water partition coefficient (Wildman–Crippen LogP) is 3.61. The summed E-state index contributed by atoms with van der Waals surface area (Å²) in [4.78, 5) is 14.5.